The van der Waals surface area contributed by atoms with E-state index >= 15 is 0 Å². The average molecular weight is 434 g/mol. The smallest absolute Gasteiger partial charge is 0.257 e. The molecule has 0 unspecified atom stereocenters. The van der Waals surface area contributed by atoms with Crippen LogP contribution in [0.15, 0.2) is 49.2 Å². The van der Waals surface area contributed by atoms with E-state index in [0.29, 0.717) is 29.7 Å². The molecule has 0 bridgehead atoms. The molecule has 1 fully saturated rings. The van der Waals surface area contributed by atoms with Gasteiger partial charge in [0.05, 0.1) is 19.0 Å². The summed E-state index contributed by atoms with van der Waals surface area (Å²) in [6.07, 6.45) is 4.68. The van der Waals surface area contributed by atoms with E-state index in [4.69, 9.17) is 19.9 Å². The van der Waals surface area contributed by atoms with Gasteiger partial charge < -0.3 is 19.4 Å². The molecule has 32 heavy (non-hydrogen) atoms. The molecule has 3 N–H and O–H groups in total. The van der Waals surface area contributed by atoms with Crippen LogP contribution in [0.2, 0.25) is 0 Å². The number of benzene rings is 2. The zero-order valence-electron chi connectivity index (χ0n) is 18.1. The first-order chi connectivity index (χ1) is 15.6. The fourth-order valence-electron chi connectivity index (χ4n) is 3.97. The highest BCUT2D eigenvalue weighted by molar-refractivity contribution is 6.04. The molecule has 8 heteroatoms. The van der Waals surface area contributed by atoms with Crippen molar-refractivity contribution >= 4 is 29.2 Å². The molecule has 0 saturated carbocycles. The number of hydrogen-bond acceptors (Lipinski definition) is 5. The molecule has 8 nitrogen and oxygen atoms in total. The molecule has 0 spiro atoms. The zero-order valence-corrected chi connectivity index (χ0v) is 18.1. The number of nitrogens with zero attached hydrogens (tertiary/aromatic N) is 2. The SMILES string of the molecule is C=CN(C=N)Cc1ccc(C(=O)Nc2nc3c(C4CCOCC4)ccc(OC)c3[nH]2)cc1. The highest BCUT2D eigenvalue weighted by Gasteiger charge is 2.22. The van der Waals surface area contributed by atoms with Crippen molar-refractivity contribution < 1.29 is 14.3 Å². The predicted octanol–water partition coefficient (Wildman–Crippen LogP) is 4.27. The number of aromatic amines is 1. The van der Waals surface area contributed by atoms with E-state index in [1.54, 1.807) is 30.3 Å². The quantitative estimate of drug-likeness (QED) is 0.364. The molecule has 0 aliphatic carbocycles. The molecule has 3 aromatic rings. The van der Waals surface area contributed by atoms with Gasteiger partial charge in [-0.2, -0.15) is 0 Å². The van der Waals surface area contributed by atoms with Gasteiger partial charge in [-0.05, 0) is 54.3 Å². The monoisotopic (exact) mass is 433 g/mol. The van der Waals surface area contributed by atoms with Gasteiger partial charge in [-0.3, -0.25) is 15.5 Å². The number of aromatic nitrogens is 2. The molecular weight excluding hydrogens is 406 g/mol. The number of anilines is 1. The first-order valence-electron chi connectivity index (χ1n) is 10.6. The number of ether oxygens (including phenoxy) is 2. The van der Waals surface area contributed by atoms with E-state index in [-0.39, 0.29) is 5.91 Å². The normalized spacial score (nSPS) is 14.2. The Kier molecular flexibility index (Phi) is 6.51. The third-order valence-electron chi connectivity index (χ3n) is 5.73. The number of carbonyl (C=O) groups is 1. The van der Waals surface area contributed by atoms with Crippen molar-refractivity contribution in [1.82, 2.24) is 14.9 Å². The van der Waals surface area contributed by atoms with E-state index in [1.165, 1.54) is 6.34 Å². The van der Waals surface area contributed by atoms with Crippen LogP contribution in [-0.2, 0) is 11.3 Å². The minimum absolute atomic E-state index is 0.255. The Labute approximate surface area is 186 Å². The lowest BCUT2D eigenvalue weighted by molar-refractivity contribution is 0.0856. The number of nitrogens with one attached hydrogen (secondary N) is 3. The Hall–Kier alpha value is -3.65. The summed E-state index contributed by atoms with van der Waals surface area (Å²) in [6, 6.07) is 11.2. The molecule has 2 heterocycles. The van der Waals surface area contributed by atoms with Gasteiger partial charge in [0.15, 0.2) is 0 Å². The van der Waals surface area contributed by atoms with Crippen LogP contribution in [-0.4, -0.2) is 47.4 Å². The highest BCUT2D eigenvalue weighted by Crippen LogP contribution is 2.36. The van der Waals surface area contributed by atoms with Crippen LogP contribution in [0.5, 0.6) is 5.75 Å². The Morgan fingerprint density at radius 2 is 2.06 bits per heavy atom. The first kappa shape index (κ1) is 21.6. The summed E-state index contributed by atoms with van der Waals surface area (Å²) in [6.45, 7) is 5.68. The molecule has 1 saturated heterocycles. The van der Waals surface area contributed by atoms with Gasteiger partial charge in [0.2, 0.25) is 5.95 Å². The average Bonchev–Trinajstić information content (AvgIpc) is 3.26. The maximum atomic E-state index is 12.8. The number of H-pyrrole nitrogens is 1. The number of methoxy groups -OCH3 is 1. The fourth-order valence-corrected chi connectivity index (χ4v) is 3.97. The zero-order chi connectivity index (χ0) is 22.5. The van der Waals surface area contributed by atoms with Gasteiger partial charge in [-0.15, -0.1) is 0 Å². The van der Waals surface area contributed by atoms with Crippen molar-refractivity contribution in [2.75, 3.05) is 25.6 Å². The van der Waals surface area contributed by atoms with Crippen molar-refractivity contribution in [2.24, 2.45) is 0 Å². The topological polar surface area (TPSA) is 103 Å². The summed E-state index contributed by atoms with van der Waals surface area (Å²) < 4.78 is 11.0. The first-order valence-corrected chi connectivity index (χ1v) is 10.6. The lowest BCUT2D eigenvalue weighted by atomic mass is 9.90. The summed E-state index contributed by atoms with van der Waals surface area (Å²) in [5.74, 6) is 1.18. The minimum Gasteiger partial charge on any atom is -0.494 e. The molecule has 1 aromatic heterocycles. The number of imidazole rings is 1. The number of fused-ring (bicyclic) bond motifs is 1. The summed E-state index contributed by atoms with van der Waals surface area (Å²) in [4.78, 5) is 22.3. The largest absolute Gasteiger partial charge is 0.494 e. The van der Waals surface area contributed by atoms with Crippen molar-refractivity contribution in [2.45, 2.75) is 25.3 Å². The van der Waals surface area contributed by atoms with Gasteiger partial charge >= 0.3 is 0 Å². The Morgan fingerprint density at radius 1 is 1.31 bits per heavy atom. The number of carbonyl (C=O) groups excluding carboxylic acids is 1. The van der Waals surface area contributed by atoms with Gasteiger partial charge in [0, 0.05) is 25.3 Å². The van der Waals surface area contributed by atoms with Crippen LogP contribution in [0.4, 0.5) is 5.95 Å². The molecule has 166 valence electrons. The Balaban J connectivity index is 1.55. The minimum atomic E-state index is -0.255. The maximum Gasteiger partial charge on any atom is 0.257 e. The highest BCUT2D eigenvalue weighted by atomic mass is 16.5. The summed E-state index contributed by atoms with van der Waals surface area (Å²) in [5, 5.41) is 10.2. The van der Waals surface area contributed by atoms with E-state index in [9.17, 15) is 4.79 Å². The lowest BCUT2D eigenvalue weighted by Crippen LogP contribution is -2.15. The second kappa shape index (κ2) is 9.65. The van der Waals surface area contributed by atoms with Crippen molar-refractivity contribution in [3.63, 3.8) is 0 Å². The third-order valence-corrected chi connectivity index (χ3v) is 5.73. The number of amides is 1. The van der Waals surface area contributed by atoms with E-state index < -0.39 is 0 Å². The second-order valence-electron chi connectivity index (χ2n) is 7.69. The van der Waals surface area contributed by atoms with Crippen LogP contribution < -0.4 is 10.1 Å². The third kappa shape index (κ3) is 4.50. The molecule has 1 amide bonds. The van der Waals surface area contributed by atoms with Crippen molar-refractivity contribution in [3.8, 4) is 5.75 Å². The van der Waals surface area contributed by atoms with Crippen LogP contribution in [0, 0.1) is 5.41 Å². The molecule has 4 rings (SSSR count). The van der Waals surface area contributed by atoms with Gasteiger partial charge in [-0.25, -0.2) is 4.98 Å². The van der Waals surface area contributed by atoms with E-state index in [1.807, 2.05) is 18.2 Å². The van der Waals surface area contributed by atoms with Crippen LogP contribution in [0.3, 0.4) is 0 Å². The van der Waals surface area contributed by atoms with E-state index in [2.05, 4.69) is 22.9 Å². The number of rotatable bonds is 8. The summed E-state index contributed by atoms with van der Waals surface area (Å²) in [7, 11) is 1.62. The second-order valence-corrected chi connectivity index (χ2v) is 7.69. The molecule has 2 aromatic carbocycles. The van der Waals surface area contributed by atoms with E-state index in [0.717, 1.165) is 48.2 Å². The van der Waals surface area contributed by atoms with Crippen LogP contribution in [0.25, 0.3) is 11.0 Å². The van der Waals surface area contributed by atoms with Crippen LogP contribution >= 0.6 is 0 Å². The van der Waals surface area contributed by atoms with Gasteiger partial charge in [-0.1, -0.05) is 24.8 Å². The lowest BCUT2D eigenvalue weighted by Gasteiger charge is -2.22. The standard InChI is InChI=1S/C24H27N5O3/c1-3-29(15-25)14-16-4-6-18(7-5-16)23(30)28-24-26-21-19(17-10-12-32-13-11-17)8-9-20(31-2)22(21)27-24/h3-9,15,17,25H,1,10-14H2,2H3,(H2,26,27,28,30). The molecule has 1 aliphatic rings. The summed E-state index contributed by atoms with van der Waals surface area (Å²) >= 11 is 0. The van der Waals surface area contributed by atoms with Crippen LogP contribution in [0.1, 0.15) is 40.2 Å². The molecule has 1 aliphatic heterocycles. The molecular formula is C24H27N5O3. The number of hydrogen-bond donors (Lipinski definition) is 3. The predicted molar refractivity (Wildman–Crippen MR) is 124 cm³/mol. The summed E-state index contributed by atoms with van der Waals surface area (Å²) in [5.41, 5.74) is 4.23. The maximum absolute atomic E-state index is 12.8. The Bertz CT molecular complexity index is 1110. The van der Waals surface area contributed by atoms with Gasteiger partial charge in [0.25, 0.3) is 5.91 Å². The van der Waals surface area contributed by atoms with Gasteiger partial charge in [0.1, 0.15) is 11.3 Å². The Morgan fingerprint density at radius 3 is 2.72 bits per heavy atom. The molecule has 0 radical (unpaired) electrons. The molecule has 0 atom stereocenters. The fraction of sp³-hybridized carbons (Fsp3) is 0.292. The van der Waals surface area contributed by atoms with Crippen molar-refractivity contribution in [3.05, 3.63) is 65.9 Å². The van der Waals surface area contributed by atoms with Crippen molar-refractivity contribution in [1.29, 1.82) is 5.41 Å².